The van der Waals surface area contributed by atoms with Gasteiger partial charge in [0.1, 0.15) is 0 Å². The number of nitrogens with two attached hydrogens (primary N) is 1. The third kappa shape index (κ3) is 5.50. The van der Waals surface area contributed by atoms with Gasteiger partial charge in [-0.25, -0.2) is 0 Å². The molecule has 0 aliphatic carbocycles. The first-order chi connectivity index (χ1) is 10.1. The first-order valence-corrected chi connectivity index (χ1v) is 8.60. The molecule has 0 aromatic carbocycles. The van der Waals surface area contributed by atoms with E-state index in [0.29, 0.717) is 9.47 Å². The number of rotatable bonds is 5. The number of anilines is 1. The number of aromatic nitrogens is 2. The summed E-state index contributed by atoms with van der Waals surface area (Å²) in [4.78, 5) is 25.3. The number of thioether (sulfide) groups is 1. The Bertz CT molecular complexity index is 487. The van der Waals surface area contributed by atoms with Gasteiger partial charge in [-0.3, -0.25) is 9.59 Å². The number of likely N-dealkylation sites (tertiary alicyclic amines) is 1. The molecule has 1 aromatic rings. The maximum absolute atomic E-state index is 11.9. The third-order valence-electron chi connectivity index (χ3n) is 3.05. The van der Waals surface area contributed by atoms with E-state index in [1.54, 1.807) is 4.90 Å². The van der Waals surface area contributed by atoms with Gasteiger partial charge in [0, 0.05) is 13.1 Å². The summed E-state index contributed by atoms with van der Waals surface area (Å²) in [6.45, 7) is 1.34. The molecule has 7 nitrogen and oxygen atoms in total. The number of carbonyl (C=O) groups is 2. The maximum Gasteiger partial charge on any atom is 0.316 e. The van der Waals surface area contributed by atoms with E-state index in [1.807, 2.05) is 0 Å². The first-order valence-electron chi connectivity index (χ1n) is 6.80. The number of hydrogen-bond donors (Lipinski definition) is 1. The minimum Gasteiger partial charge on any atom is -0.455 e. The van der Waals surface area contributed by atoms with Crippen molar-refractivity contribution in [3.63, 3.8) is 0 Å². The monoisotopic (exact) mass is 330 g/mol. The van der Waals surface area contributed by atoms with Gasteiger partial charge in [-0.1, -0.05) is 35.9 Å². The predicted molar refractivity (Wildman–Crippen MR) is 81.1 cm³/mol. The molecule has 0 saturated carbocycles. The zero-order chi connectivity index (χ0) is 15.1. The average molecular weight is 330 g/mol. The summed E-state index contributed by atoms with van der Waals surface area (Å²) in [5, 5.41) is 7.80. The maximum atomic E-state index is 11.9. The number of esters is 1. The van der Waals surface area contributed by atoms with E-state index >= 15 is 0 Å². The van der Waals surface area contributed by atoms with Crippen molar-refractivity contribution in [2.75, 3.05) is 31.2 Å². The van der Waals surface area contributed by atoms with Crippen molar-refractivity contribution >= 4 is 40.1 Å². The van der Waals surface area contributed by atoms with E-state index in [2.05, 4.69) is 10.2 Å². The molecule has 116 valence electrons. The van der Waals surface area contributed by atoms with E-state index in [4.69, 9.17) is 10.5 Å². The van der Waals surface area contributed by atoms with Crippen LogP contribution in [0, 0.1) is 0 Å². The lowest BCUT2D eigenvalue weighted by molar-refractivity contribution is -0.149. The average Bonchev–Trinajstić information content (AvgIpc) is 2.73. The molecule has 1 aliphatic rings. The Morgan fingerprint density at radius 3 is 2.57 bits per heavy atom. The lowest BCUT2D eigenvalue weighted by Gasteiger charge is -2.19. The topological polar surface area (TPSA) is 98.4 Å². The Balaban J connectivity index is 1.66. The number of carbonyl (C=O) groups excluding carboxylic acids is 2. The lowest BCUT2D eigenvalue weighted by atomic mass is 10.2. The Labute approximate surface area is 131 Å². The van der Waals surface area contributed by atoms with Gasteiger partial charge in [0.2, 0.25) is 5.13 Å². The summed E-state index contributed by atoms with van der Waals surface area (Å²) in [6, 6.07) is 0. The standard InChI is InChI=1S/C12H18N4O3S2/c13-11-14-15-12(21-11)20-8-10(18)19-7-9(17)16-5-3-1-2-4-6-16/h1-8H2,(H2,13,14). The van der Waals surface area contributed by atoms with E-state index in [9.17, 15) is 9.59 Å². The van der Waals surface area contributed by atoms with Crippen molar-refractivity contribution in [1.29, 1.82) is 0 Å². The van der Waals surface area contributed by atoms with Crippen LogP contribution in [-0.2, 0) is 14.3 Å². The van der Waals surface area contributed by atoms with Crippen LogP contribution < -0.4 is 5.73 Å². The summed E-state index contributed by atoms with van der Waals surface area (Å²) >= 11 is 2.42. The van der Waals surface area contributed by atoms with E-state index < -0.39 is 5.97 Å². The van der Waals surface area contributed by atoms with E-state index in [-0.39, 0.29) is 18.3 Å². The van der Waals surface area contributed by atoms with Crippen molar-refractivity contribution < 1.29 is 14.3 Å². The van der Waals surface area contributed by atoms with Gasteiger partial charge in [-0.2, -0.15) is 0 Å². The number of hydrogen-bond acceptors (Lipinski definition) is 8. The molecule has 0 atom stereocenters. The second-order valence-corrected chi connectivity index (χ2v) is 6.88. The number of nitrogen functional groups attached to an aromatic ring is 1. The highest BCUT2D eigenvalue weighted by Gasteiger charge is 2.17. The quantitative estimate of drug-likeness (QED) is 0.639. The molecule has 21 heavy (non-hydrogen) atoms. The molecule has 0 bridgehead atoms. The largest absolute Gasteiger partial charge is 0.455 e. The Kier molecular flexibility index (Phi) is 6.24. The summed E-state index contributed by atoms with van der Waals surface area (Å²) in [6.07, 6.45) is 4.36. The fourth-order valence-electron chi connectivity index (χ4n) is 1.99. The molecule has 2 heterocycles. The Morgan fingerprint density at radius 2 is 1.95 bits per heavy atom. The van der Waals surface area contributed by atoms with Crippen LogP contribution in [0.15, 0.2) is 4.34 Å². The SMILES string of the molecule is Nc1nnc(SCC(=O)OCC(=O)N2CCCCCC2)s1. The smallest absolute Gasteiger partial charge is 0.316 e. The van der Waals surface area contributed by atoms with Gasteiger partial charge in [0.05, 0.1) is 5.75 Å². The van der Waals surface area contributed by atoms with Crippen LogP contribution in [0.4, 0.5) is 5.13 Å². The molecule has 1 amide bonds. The summed E-state index contributed by atoms with van der Waals surface area (Å²) in [5.74, 6) is -0.450. The van der Waals surface area contributed by atoms with Crippen molar-refractivity contribution in [2.24, 2.45) is 0 Å². The van der Waals surface area contributed by atoms with Crippen LogP contribution in [0.1, 0.15) is 25.7 Å². The molecular weight excluding hydrogens is 312 g/mol. The fourth-order valence-corrected chi connectivity index (χ4v) is 3.43. The van der Waals surface area contributed by atoms with Crippen molar-refractivity contribution in [3.8, 4) is 0 Å². The number of ether oxygens (including phenoxy) is 1. The fraction of sp³-hybridized carbons (Fsp3) is 0.667. The molecule has 2 rings (SSSR count). The molecular formula is C12H18N4O3S2. The predicted octanol–water partition coefficient (Wildman–Crippen LogP) is 1.16. The van der Waals surface area contributed by atoms with Crippen LogP contribution in [0.2, 0.25) is 0 Å². The van der Waals surface area contributed by atoms with Crippen molar-refractivity contribution in [2.45, 2.75) is 30.0 Å². The van der Waals surface area contributed by atoms with E-state index in [1.165, 1.54) is 23.1 Å². The van der Waals surface area contributed by atoms with Crippen LogP contribution in [-0.4, -0.2) is 52.4 Å². The Morgan fingerprint density at radius 1 is 1.24 bits per heavy atom. The summed E-state index contributed by atoms with van der Waals surface area (Å²) < 4.78 is 5.61. The van der Waals surface area contributed by atoms with E-state index in [0.717, 1.165) is 38.8 Å². The molecule has 0 spiro atoms. The van der Waals surface area contributed by atoms with Gasteiger partial charge < -0.3 is 15.4 Å². The summed E-state index contributed by atoms with van der Waals surface area (Å²) in [7, 11) is 0. The highest BCUT2D eigenvalue weighted by atomic mass is 32.2. The van der Waals surface area contributed by atoms with Crippen LogP contribution >= 0.6 is 23.1 Å². The minimum atomic E-state index is -0.433. The van der Waals surface area contributed by atoms with Crippen molar-refractivity contribution in [1.82, 2.24) is 15.1 Å². The van der Waals surface area contributed by atoms with Crippen LogP contribution in [0.3, 0.4) is 0 Å². The normalized spacial score (nSPS) is 15.5. The minimum absolute atomic E-state index is 0.0991. The lowest BCUT2D eigenvalue weighted by Crippen LogP contribution is -2.35. The number of nitrogens with zero attached hydrogens (tertiary/aromatic N) is 3. The first kappa shape index (κ1) is 16.0. The highest BCUT2D eigenvalue weighted by Crippen LogP contribution is 2.23. The third-order valence-corrected chi connectivity index (χ3v) is 4.91. The Hall–Kier alpha value is -1.35. The van der Waals surface area contributed by atoms with Crippen LogP contribution in [0.5, 0.6) is 0 Å². The molecule has 0 radical (unpaired) electrons. The molecule has 1 aliphatic heterocycles. The number of amides is 1. The van der Waals surface area contributed by atoms with Gasteiger partial charge >= 0.3 is 5.97 Å². The van der Waals surface area contributed by atoms with Gasteiger partial charge in [0.15, 0.2) is 10.9 Å². The van der Waals surface area contributed by atoms with Gasteiger partial charge in [-0.05, 0) is 12.8 Å². The zero-order valence-electron chi connectivity index (χ0n) is 11.6. The zero-order valence-corrected chi connectivity index (χ0v) is 13.3. The second kappa shape index (κ2) is 8.18. The molecule has 9 heteroatoms. The highest BCUT2D eigenvalue weighted by molar-refractivity contribution is 8.01. The molecule has 0 unspecified atom stereocenters. The van der Waals surface area contributed by atoms with Crippen LogP contribution in [0.25, 0.3) is 0 Å². The molecule has 1 aromatic heterocycles. The molecule has 1 saturated heterocycles. The summed E-state index contributed by atoms with van der Waals surface area (Å²) in [5.41, 5.74) is 5.44. The van der Waals surface area contributed by atoms with Crippen molar-refractivity contribution in [3.05, 3.63) is 0 Å². The van der Waals surface area contributed by atoms with Gasteiger partial charge in [-0.15, -0.1) is 10.2 Å². The molecule has 2 N–H and O–H groups in total. The molecule has 1 fully saturated rings. The van der Waals surface area contributed by atoms with Gasteiger partial charge in [0.25, 0.3) is 5.91 Å². The second-order valence-electron chi connectivity index (χ2n) is 4.65.